The summed E-state index contributed by atoms with van der Waals surface area (Å²) >= 11 is 0. The van der Waals surface area contributed by atoms with E-state index in [1.807, 2.05) is 24.3 Å². The average molecular weight is 315 g/mol. The summed E-state index contributed by atoms with van der Waals surface area (Å²) in [6.45, 7) is 2.55. The van der Waals surface area contributed by atoms with Crippen molar-refractivity contribution in [1.29, 1.82) is 0 Å². The predicted molar refractivity (Wildman–Crippen MR) is 85.0 cm³/mol. The molecule has 0 unspecified atom stereocenters. The van der Waals surface area contributed by atoms with Gasteiger partial charge in [-0.3, -0.25) is 9.48 Å². The van der Waals surface area contributed by atoms with Gasteiger partial charge in [0.1, 0.15) is 5.75 Å². The maximum absolute atomic E-state index is 12.6. The quantitative estimate of drug-likeness (QED) is 0.765. The third-order valence-electron chi connectivity index (χ3n) is 4.18. The second kappa shape index (κ2) is 6.78. The van der Waals surface area contributed by atoms with Crippen molar-refractivity contribution in [2.45, 2.75) is 13.0 Å². The van der Waals surface area contributed by atoms with Crippen LogP contribution in [0.5, 0.6) is 5.75 Å². The zero-order valence-corrected chi connectivity index (χ0v) is 13.2. The maximum atomic E-state index is 12.6. The molecule has 1 amide bonds. The molecule has 1 aliphatic heterocycles. The molecule has 7 heteroatoms. The number of nitrogens with one attached hydrogen (secondary N) is 2. The van der Waals surface area contributed by atoms with Crippen LogP contribution < -0.4 is 15.4 Å². The van der Waals surface area contributed by atoms with Gasteiger partial charge in [0.15, 0.2) is 0 Å². The fraction of sp³-hybridized carbons (Fsp3) is 0.438. The SMILES string of the molecule is COc1cccc(CC2(C(=O)NCCn3ccnn3)CNC2)c1. The highest BCUT2D eigenvalue weighted by Crippen LogP contribution is 2.29. The first-order chi connectivity index (χ1) is 11.2. The van der Waals surface area contributed by atoms with E-state index in [-0.39, 0.29) is 11.3 Å². The van der Waals surface area contributed by atoms with Crippen LogP contribution in [-0.4, -0.2) is 47.6 Å². The molecule has 1 saturated heterocycles. The van der Waals surface area contributed by atoms with Crippen LogP contribution in [0.25, 0.3) is 0 Å². The summed E-state index contributed by atoms with van der Waals surface area (Å²) < 4.78 is 6.96. The number of aromatic nitrogens is 3. The fourth-order valence-electron chi connectivity index (χ4n) is 2.79. The summed E-state index contributed by atoms with van der Waals surface area (Å²) in [4.78, 5) is 12.6. The number of rotatable bonds is 7. The molecule has 7 nitrogen and oxygen atoms in total. The number of benzene rings is 1. The molecular weight excluding hydrogens is 294 g/mol. The lowest BCUT2D eigenvalue weighted by Crippen LogP contribution is -2.62. The van der Waals surface area contributed by atoms with Gasteiger partial charge in [-0.25, -0.2) is 0 Å². The van der Waals surface area contributed by atoms with Crippen molar-refractivity contribution < 1.29 is 9.53 Å². The summed E-state index contributed by atoms with van der Waals surface area (Å²) in [6.07, 6.45) is 4.11. The Bertz CT molecular complexity index is 652. The molecule has 2 heterocycles. The number of hydrogen-bond donors (Lipinski definition) is 2. The first-order valence-electron chi connectivity index (χ1n) is 7.68. The van der Waals surface area contributed by atoms with E-state index in [9.17, 15) is 4.79 Å². The molecule has 2 N–H and O–H groups in total. The van der Waals surface area contributed by atoms with Gasteiger partial charge in [-0.2, -0.15) is 0 Å². The van der Waals surface area contributed by atoms with Gasteiger partial charge in [0.25, 0.3) is 0 Å². The normalized spacial score (nSPS) is 15.7. The number of ether oxygens (including phenoxy) is 1. The minimum atomic E-state index is -0.380. The largest absolute Gasteiger partial charge is 0.497 e. The van der Waals surface area contributed by atoms with E-state index in [1.54, 1.807) is 24.2 Å². The van der Waals surface area contributed by atoms with E-state index in [4.69, 9.17) is 4.74 Å². The van der Waals surface area contributed by atoms with Gasteiger partial charge < -0.3 is 15.4 Å². The van der Waals surface area contributed by atoms with Gasteiger partial charge in [0.2, 0.25) is 5.91 Å². The van der Waals surface area contributed by atoms with Crippen molar-refractivity contribution in [1.82, 2.24) is 25.6 Å². The average Bonchev–Trinajstić information content (AvgIpc) is 3.04. The summed E-state index contributed by atoms with van der Waals surface area (Å²) in [7, 11) is 1.65. The van der Waals surface area contributed by atoms with Gasteiger partial charge in [0, 0.05) is 25.8 Å². The van der Waals surface area contributed by atoms with Crippen molar-refractivity contribution in [3.8, 4) is 5.75 Å². The minimum Gasteiger partial charge on any atom is -0.497 e. The van der Waals surface area contributed by atoms with Crippen molar-refractivity contribution >= 4 is 5.91 Å². The lowest BCUT2D eigenvalue weighted by Gasteiger charge is -2.41. The second-order valence-corrected chi connectivity index (χ2v) is 5.83. The first-order valence-corrected chi connectivity index (χ1v) is 7.68. The Morgan fingerprint density at radius 3 is 3.00 bits per heavy atom. The van der Waals surface area contributed by atoms with Crippen molar-refractivity contribution in [2.24, 2.45) is 5.41 Å². The van der Waals surface area contributed by atoms with Crippen LogP contribution in [0.15, 0.2) is 36.7 Å². The minimum absolute atomic E-state index is 0.0826. The molecule has 1 aromatic carbocycles. The molecule has 2 aromatic rings. The Hall–Kier alpha value is -2.41. The highest BCUT2D eigenvalue weighted by molar-refractivity contribution is 5.84. The van der Waals surface area contributed by atoms with E-state index in [0.717, 1.165) is 11.3 Å². The van der Waals surface area contributed by atoms with Crippen LogP contribution in [0.3, 0.4) is 0 Å². The van der Waals surface area contributed by atoms with Gasteiger partial charge in [-0.1, -0.05) is 17.3 Å². The molecule has 0 spiro atoms. The fourth-order valence-corrected chi connectivity index (χ4v) is 2.79. The molecule has 1 aromatic heterocycles. The lowest BCUT2D eigenvalue weighted by molar-refractivity contribution is -0.133. The molecule has 0 atom stereocenters. The topological polar surface area (TPSA) is 81.1 Å². The van der Waals surface area contributed by atoms with Crippen LogP contribution in [0.4, 0.5) is 0 Å². The third-order valence-corrected chi connectivity index (χ3v) is 4.18. The van der Waals surface area contributed by atoms with Gasteiger partial charge in [0.05, 0.1) is 25.3 Å². The standard InChI is InChI=1S/C16H21N5O2/c1-23-14-4-2-3-13(9-14)10-16(11-17-12-16)15(22)18-5-7-21-8-6-19-20-21/h2-4,6,8-9,17H,5,7,10-12H2,1H3,(H,18,22). The molecule has 1 fully saturated rings. The van der Waals surface area contributed by atoms with Crippen molar-refractivity contribution in [3.05, 3.63) is 42.2 Å². The van der Waals surface area contributed by atoms with Crippen molar-refractivity contribution in [3.63, 3.8) is 0 Å². The first kappa shape index (κ1) is 15.5. The van der Waals surface area contributed by atoms with Crippen LogP contribution >= 0.6 is 0 Å². The highest BCUT2D eigenvalue weighted by atomic mass is 16.5. The highest BCUT2D eigenvalue weighted by Gasteiger charge is 2.44. The van der Waals surface area contributed by atoms with E-state index in [2.05, 4.69) is 20.9 Å². The number of methoxy groups -OCH3 is 1. The zero-order chi connectivity index (χ0) is 16.1. The summed E-state index contributed by atoms with van der Waals surface area (Å²) in [6, 6.07) is 7.89. The van der Waals surface area contributed by atoms with Crippen molar-refractivity contribution in [2.75, 3.05) is 26.7 Å². The molecule has 23 heavy (non-hydrogen) atoms. The Balaban J connectivity index is 1.59. The number of nitrogens with zero attached hydrogens (tertiary/aromatic N) is 3. The zero-order valence-electron chi connectivity index (χ0n) is 13.2. The van der Waals surface area contributed by atoms with E-state index in [1.165, 1.54) is 0 Å². The van der Waals surface area contributed by atoms with E-state index < -0.39 is 0 Å². The van der Waals surface area contributed by atoms with Crippen LogP contribution in [0.1, 0.15) is 5.56 Å². The lowest BCUT2D eigenvalue weighted by atomic mass is 9.75. The Kier molecular flexibility index (Phi) is 4.57. The molecule has 0 bridgehead atoms. The number of amides is 1. The Morgan fingerprint density at radius 2 is 2.35 bits per heavy atom. The molecule has 0 radical (unpaired) electrons. The van der Waals surface area contributed by atoms with Crippen LogP contribution in [0, 0.1) is 5.41 Å². The maximum Gasteiger partial charge on any atom is 0.229 e. The Labute approximate surface area is 135 Å². The van der Waals surface area contributed by atoms with Gasteiger partial charge >= 0.3 is 0 Å². The molecule has 0 saturated carbocycles. The molecule has 1 aliphatic rings. The predicted octanol–water partition coefficient (Wildman–Crippen LogP) is 0.235. The summed E-state index contributed by atoms with van der Waals surface area (Å²) in [5.74, 6) is 0.899. The molecule has 3 rings (SSSR count). The molecule has 0 aliphatic carbocycles. The van der Waals surface area contributed by atoms with Gasteiger partial charge in [-0.15, -0.1) is 5.10 Å². The van der Waals surface area contributed by atoms with Crippen LogP contribution in [-0.2, 0) is 17.8 Å². The summed E-state index contributed by atoms with van der Waals surface area (Å²) in [5, 5.41) is 13.9. The number of hydrogen-bond acceptors (Lipinski definition) is 5. The Morgan fingerprint density at radius 1 is 1.48 bits per heavy atom. The van der Waals surface area contributed by atoms with Crippen LogP contribution in [0.2, 0.25) is 0 Å². The number of carbonyl (C=O) groups excluding carboxylic acids is 1. The second-order valence-electron chi connectivity index (χ2n) is 5.83. The summed E-state index contributed by atoms with van der Waals surface area (Å²) in [5.41, 5.74) is 0.728. The van der Waals surface area contributed by atoms with E-state index >= 15 is 0 Å². The third kappa shape index (κ3) is 3.50. The van der Waals surface area contributed by atoms with E-state index in [0.29, 0.717) is 32.6 Å². The molecule has 122 valence electrons. The molecular formula is C16H21N5O2. The monoisotopic (exact) mass is 315 g/mol. The number of carbonyl (C=O) groups is 1. The van der Waals surface area contributed by atoms with Gasteiger partial charge in [-0.05, 0) is 24.1 Å². The smallest absolute Gasteiger partial charge is 0.229 e.